The lowest BCUT2D eigenvalue weighted by Gasteiger charge is -2.32. The summed E-state index contributed by atoms with van der Waals surface area (Å²) < 4.78 is 0. The van der Waals surface area contributed by atoms with E-state index in [-0.39, 0.29) is 5.91 Å². The summed E-state index contributed by atoms with van der Waals surface area (Å²) in [6.45, 7) is 1.74. The molecule has 2 aliphatic rings. The lowest BCUT2D eigenvalue weighted by molar-refractivity contribution is 0.0935. The van der Waals surface area contributed by atoms with Gasteiger partial charge < -0.3 is 10.6 Å². The maximum atomic E-state index is 11.6. The van der Waals surface area contributed by atoms with Crippen molar-refractivity contribution in [2.75, 3.05) is 13.1 Å². The summed E-state index contributed by atoms with van der Waals surface area (Å²) in [4.78, 5) is 11.6. The van der Waals surface area contributed by atoms with Crippen molar-refractivity contribution in [3.8, 4) is 0 Å². The van der Waals surface area contributed by atoms with Crippen LogP contribution in [0.5, 0.6) is 0 Å². The number of rotatable bonds is 0. The molecule has 0 fully saturated rings. The Bertz CT molecular complexity index is 400. The molecule has 14 heavy (non-hydrogen) atoms. The van der Waals surface area contributed by atoms with Crippen LogP contribution in [0.4, 0.5) is 0 Å². The number of amides is 1. The van der Waals surface area contributed by atoms with Crippen LogP contribution in [0.3, 0.4) is 0 Å². The number of hydrogen-bond acceptors (Lipinski definition) is 2. The molecule has 3 nitrogen and oxygen atoms in total. The molecule has 0 bridgehead atoms. The number of hydrogen-bond donors (Lipinski definition) is 2. The third-order valence-corrected chi connectivity index (χ3v) is 3.04. The monoisotopic (exact) mass is 188 g/mol. The molecule has 3 heteroatoms. The van der Waals surface area contributed by atoms with E-state index in [1.807, 2.05) is 12.1 Å². The van der Waals surface area contributed by atoms with Crippen LogP contribution < -0.4 is 10.6 Å². The lowest BCUT2D eigenvalue weighted by Crippen LogP contribution is -2.44. The summed E-state index contributed by atoms with van der Waals surface area (Å²) in [5, 5.41) is 6.32. The smallest absolute Gasteiger partial charge is 0.251 e. The topological polar surface area (TPSA) is 41.1 Å². The maximum absolute atomic E-state index is 11.6. The van der Waals surface area contributed by atoms with E-state index in [1.165, 1.54) is 11.1 Å². The average Bonchev–Trinajstić information content (AvgIpc) is 2.24. The maximum Gasteiger partial charge on any atom is 0.251 e. The molecule has 2 heterocycles. The fraction of sp³-hybridized carbons (Fsp3) is 0.364. The van der Waals surface area contributed by atoms with E-state index in [4.69, 9.17) is 0 Å². The van der Waals surface area contributed by atoms with Gasteiger partial charge in [0.2, 0.25) is 0 Å². The highest BCUT2D eigenvalue weighted by atomic mass is 16.1. The molecular formula is C11H12N2O. The molecule has 1 aromatic carbocycles. The van der Waals surface area contributed by atoms with E-state index in [2.05, 4.69) is 16.7 Å². The SMILES string of the molecule is O=C1NC[C@H]2NCCc3cccc1c32. The van der Waals surface area contributed by atoms with Crippen LogP contribution in [0.1, 0.15) is 27.5 Å². The van der Waals surface area contributed by atoms with Crippen molar-refractivity contribution in [3.05, 3.63) is 34.9 Å². The van der Waals surface area contributed by atoms with E-state index in [9.17, 15) is 4.79 Å². The Morgan fingerprint density at radius 2 is 2.29 bits per heavy atom. The molecule has 72 valence electrons. The second-order valence-corrected chi connectivity index (χ2v) is 3.85. The van der Waals surface area contributed by atoms with Crippen LogP contribution in [-0.4, -0.2) is 19.0 Å². The average molecular weight is 188 g/mol. The number of carbonyl (C=O) groups is 1. The molecule has 1 amide bonds. The predicted octanol–water partition coefficient (Wildman–Crippen LogP) is 0.617. The standard InChI is InChI=1S/C11H12N2O/c14-11-8-3-1-2-7-4-5-12-9(6-13-11)10(7)8/h1-3,9,12H,4-6H2,(H,13,14)/t9-/m1/s1. The molecule has 2 aliphatic heterocycles. The number of nitrogens with one attached hydrogen (secondary N) is 2. The molecule has 0 saturated heterocycles. The summed E-state index contributed by atoms with van der Waals surface area (Å²) in [6.07, 6.45) is 1.03. The van der Waals surface area contributed by atoms with Gasteiger partial charge in [0.15, 0.2) is 0 Å². The summed E-state index contributed by atoms with van der Waals surface area (Å²) in [5.74, 6) is 0.0711. The van der Waals surface area contributed by atoms with Gasteiger partial charge in [-0.2, -0.15) is 0 Å². The number of carbonyl (C=O) groups excluding carboxylic acids is 1. The van der Waals surface area contributed by atoms with Crippen LogP contribution in [0.2, 0.25) is 0 Å². The molecule has 3 rings (SSSR count). The molecule has 0 radical (unpaired) electrons. The van der Waals surface area contributed by atoms with E-state index in [0.717, 1.165) is 25.1 Å². The largest absolute Gasteiger partial charge is 0.350 e. The van der Waals surface area contributed by atoms with Crippen molar-refractivity contribution < 1.29 is 4.79 Å². The van der Waals surface area contributed by atoms with Crippen LogP contribution in [-0.2, 0) is 6.42 Å². The normalized spacial score (nSPS) is 24.0. The molecule has 0 aliphatic carbocycles. The van der Waals surface area contributed by atoms with E-state index in [0.29, 0.717) is 6.04 Å². The van der Waals surface area contributed by atoms with Gasteiger partial charge in [-0.3, -0.25) is 4.79 Å². The second-order valence-electron chi connectivity index (χ2n) is 3.85. The van der Waals surface area contributed by atoms with Crippen molar-refractivity contribution >= 4 is 5.91 Å². The van der Waals surface area contributed by atoms with Crippen molar-refractivity contribution in [1.29, 1.82) is 0 Å². The molecule has 2 N–H and O–H groups in total. The first-order valence-electron chi connectivity index (χ1n) is 4.99. The van der Waals surface area contributed by atoms with Crippen LogP contribution >= 0.6 is 0 Å². The first-order chi connectivity index (χ1) is 6.86. The minimum Gasteiger partial charge on any atom is -0.350 e. The van der Waals surface area contributed by atoms with Gasteiger partial charge in [0, 0.05) is 12.1 Å². The lowest BCUT2D eigenvalue weighted by atomic mass is 9.87. The minimum atomic E-state index is 0.0711. The highest BCUT2D eigenvalue weighted by molar-refractivity contribution is 5.97. The quantitative estimate of drug-likeness (QED) is 0.626. The van der Waals surface area contributed by atoms with Gasteiger partial charge in [-0.25, -0.2) is 0 Å². The third kappa shape index (κ3) is 0.990. The third-order valence-electron chi connectivity index (χ3n) is 3.04. The Morgan fingerprint density at radius 1 is 1.36 bits per heavy atom. The Kier molecular flexibility index (Phi) is 1.61. The Labute approximate surface area is 82.5 Å². The zero-order valence-electron chi connectivity index (χ0n) is 7.84. The summed E-state index contributed by atoms with van der Waals surface area (Å²) >= 11 is 0. The molecule has 0 unspecified atom stereocenters. The Balaban J connectivity index is 2.24. The van der Waals surface area contributed by atoms with Gasteiger partial charge in [-0.15, -0.1) is 0 Å². The summed E-state index contributed by atoms with van der Waals surface area (Å²) in [7, 11) is 0. The molecule has 1 atom stereocenters. The molecule has 0 aromatic heterocycles. The zero-order chi connectivity index (χ0) is 9.54. The summed E-state index contributed by atoms with van der Waals surface area (Å²) in [6, 6.07) is 6.34. The molecule has 1 aromatic rings. The highest BCUT2D eigenvalue weighted by Gasteiger charge is 2.29. The zero-order valence-corrected chi connectivity index (χ0v) is 7.84. The molecule has 0 saturated carbocycles. The Hall–Kier alpha value is -1.35. The van der Waals surface area contributed by atoms with Gasteiger partial charge in [-0.05, 0) is 30.2 Å². The van der Waals surface area contributed by atoms with Crippen LogP contribution in [0, 0.1) is 0 Å². The van der Waals surface area contributed by atoms with Gasteiger partial charge >= 0.3 is 0 Å². The van der Waals surface area contributed by atoms with Gasteiger partial charge in [0.1, 0.15) is 0 Å². The fourth-order valence-corrected chi connectivity index (χ4v) is 2.39. The van der Waals surface area contributed by atoms with E-state index < -0.39 is 0 Å². The Morgan fingerprint density at radius 3 is 3.21 bits per heavy atom. The van der Waals surface area contributed by atoms with Gasteiger partial charge in [0.05, 0.1) is 6.04 Å². The fourth-order valence-electron chi connectivity index (χ4n) is 2.39. The van der Waals surface area contributed by atoms with Gasteiger partial charge in [-0.1, -0.05) is 12.1 Å². The van der Waals surface area contributed by atoms with Crippen molar-refractivity contribution in [2.45, 2.75) is 12.5 Å². The predicted molar refractivity (Wildman–Crippen MR) is 53.2 cm³/mol. The number of benzene rings is 1. The van der Waals surface area contributed by atoms with Crippen molar-refractivity contribution in [3.63, 3.8) is 0 Å². The minimum absolute atomic E-state index is 0.0711. The molecule has 0 spiro atoms. The van der Waals surface area contributed by atoms with Crippen LogP contribution in [0.15, 0.2) is 18.2 Å². The van der Waals surface area contributed by atoms with Crippen molar-refractivity contribution in [1.82, 2.24) is 10.6 Å². The molecular weight excluding hydrogens is 176 g/mol. The highest BCUT2D eigenvalue weighted by Crippen LogP contribution is 2.28. The first kappa shape index (κ1) is 8.00. The van der Waals surface area contributed by atoms with E-state index in [1.54, 1.807) is 0 Å². The van der Waals surface area contributed by atoms with Gasteiger partial charge in [0.25, 0.3) is 5.91 Å². The summed E-state index contributed by atoms with van der Waals surface area (Å²) in [5.41, 5.74) is 3.41. The second kappa shape index (κ2) is 2.82. The first-order valence-corrected chi connectivity index (χ1v) is 4.99. The van der Waals surface area contributed by atoms with E-state index >= 15 is 0 Å². The van der Waals surface area contributed by atoms with Crippen LogP contribution in [0.25, 0.3) is 0 Å². The van der Waals surface area contributed by atoms with Crippen molar-refractivity contribution in [2.24, 2.45) is 0 Å².